The van der Waals surface area contributed by atoms with Gasteiger partial charge in [-0.1, -0.05) is 25.8 Å². The maximum atomic E-state index is 4.14. The van der Waals surface area contributed by atoms with E-state index in [0.717, 1.165) is 19.1 Å². The fourth-order valence-corrected chi connectivity index (χ4v) is 2.97. The predicted octanol–water partition coefficient (Wildman–Crippen LogP) is 2.83. The van der Waals surface area contributed by atoms with Gasteiger partial charge in [0.25, 0.3) is 0 Å². The number of piperidine rings is 1. The van der Waals surface area contributed by atoms with Crippen molar-refractivity contribution in [3.8, 4) is 0 Å². The molecule has 1 aliphatic rings. The van der Waals surface area contributed by atoms with Crippen molar-refractivity contribution < 1.29 is 0 Å². The second kappa shape index (κ2) is 8.28. The Labute approximate surface area is 117 Å². The molecule has 2 rings (SSSR count). The van der Waals surface area contributed by atoms with Crippen LogP contribution in [0.4, 0.5) is 0 Å². The zero-order chi connectivity index (χ0) is 13.3. The van der Waals surface area contributed by atoms with Crippen LogP contribution in [0.3, 0.4) is 0 Å². The molecule has 1 saturated heterocycles. The van der Waals surface area contributed by atoms with Crippen LogP contribution in [0.15, 0.2) is 24.5 Å². The molecule has 0 radical (unpaired) electrons. The lowest BCUT2D eigenvalue weighted by molar-refractivity contribution is 0.140. The molecule has 0 aliphatic carbocycles. The van der Waals surface area contributed by atoms with Crippen molar-refractivity contribution in [3.63, 3.8) is 0 Å². The van der Waals surface area contributed by atoms with E-state index in [2.05, 4.69) is 28.2 Å². The minimum absolute atomic E-state index is 0.832. The number of nitrogens with one attached hydrogen (secondary N) is 1. The highest BCUT2D eigenvalue weighted by molar-refractivity contribution is 5.07. The fraction of sp³-hybridized carbons (Fsp3) is 0.688. The molecule has 0 amide bonds. The molecule has 19 heavy (non-hydrogen) atoms. The second-order valence-electron chi connectivity index (χ2n) is 5.51. The van der Waals surface area contributed by atoms with Gasteiger partial charge in [0.15, 0.2) is 0 Å². The number of nitrogens with zero attached hydrogens (tertiary/aromatic N) is 2. The summed E-state index contributed by atoms with van der Waals surface area (Å²) in [6.45, 7) is 6.78. The summed E-state index contributed by atoms with van der Waals surface area (Å²) < 4.78 is 0. The van der Waals surface area contributed by atoms with Crippen LogP contribution >= 0.6 is 0 Å². The average Bonchev–Trinajstić information content (AvgIpc) is 2.47. The third-order valence-electron chi connectivity index (χ3n) is 4.00. The van der Waals surface area contributed by atoms with Crippen LogP contribution < -0.4 is 5.32 Å². The van der Waals surface area contributed by atoms with Gasteiger partial charge in [0, 0.05) is 38.1 Å². The molecular weight excluding hydrogens is 234 g/mol. The van der Waals surface area contributed by atoms with Gasteiger partial charge in [-0.2, -0.15) is 0 Å². The van der Waals surface area contributed by atoms with Crippen molar-refractivity contribution >= 4 is 0 Å². The molecule has 0 bridgehead atoms. The SMILES string of the molecule is CCCC1CCCCN1CCNCc1cccnc1. The van der Waals surface area contributed by atoms with Crippen LogP contribution in [0.25, 0.3) is 0 Å². The summed E-state index contributed by atoms with van der Waals surface area (Å²) in [7, 11) is 0. The van der Waals surface area contributed by atoms with E-state index in [1.54, 1.807) is 0 Å². The summed E-state index contributed by atoms with van der Waals surface area (Å²) in [5.41, 5.74) is 1.27. The molecule has 1 aromatic rings. The molecule has 1 aromatic heterocycles. The molecule has 3 nitrogen and oxygen atoms in total. The van der Waals surface area contributed by atoms with E-state index in [-0.39, 0.29) is 0 Å². The van der Waals surface area contributed by atoms with Crippen molar-refractivity contribution in [2.24, 2.45) is 0 Å². The van der Waals surface area contributed by atoms with Gasteiger partial charge in [-0.05, 0) is 37.4 Å². The Kier molecular flexibility index (Phi) is 6.31. The van der Waals surface area contributed by atoms with Crippen LogP contribution in [-0.4, -0.2) is 35.6 Å². The van der Waals surface area contributed by atoms with Crippen molar-refractivity contribution in [2.45, 2.75) is 51.6 Å². The van der Waals surface area contributed by atoms with E-state index in [1.165, 1.54) is 50.8 Å². The van der Waals surface area contributed by atoms with Crippen LogP contribution in [0.5, 0.6) is 0 Å². The van der Waals surface area contributed by atoms with Gasteiger partial charge in [0.1, 0.15) is 0 Å². The number of aromatic nitrogens is 1. The zero-order valence-electron chi connectivity index (χ0n) is 12.1. The Morgan fingerprint density at radius 2 is 2.37 bits per heavy atom. The van der Waals surface area contributed by atoms with Crippen LogP contribution in [0.2, 0.25) is 0 Å². The second-order valence-corrected chi connectivity index (χ2v) is 5.51. The van der Waals surface area contributed by atoms with Gasteiger partial charge in [-0.3, -0.25) is 9.88 Å². The van der Waals surface area contributed by atoms with E-state index in [4.69, 9.17) is 0 Å². The quantitative estimate of drug-likeness (QED) is 0.765. The molecular formula is C16H27N3. The van der Waals surface area contributed by atoms with Crippen molar-refractivity contribution in [1.29, 1.82) is 0 Å². The van der Waals surface area contributed by atoms with E-state index >= 15 is 0 Å². The Hall–Kier alpha value is -0.930. The highest BCUT2D eigenvalue weighted by Crippen LogP contribution is 2.20. The lowest BCUT2D eigenvalue weighted by atomic mass is 9.98. The highest BCUT2D eigenvalue weighted by Gasteiger charge is 2.20. The van der Waals surface area contributed by atoms with Crippen molar-refractivity contribution in [3.05, 3.63) is 30.1 Å². The molecule has 1 unspecified atom stereocenters. The smallest absolute Gasteiger partial charge is 0.0312 e. The Balaban J connectivity index is 1.66. The average molecular weight is 261 g/mol. The van der Waals surface area contributed by atoms with Gasteiger partial charge in [0.05, 0.1) is 0 Å². The summed E-state index contributed by atoms with van der Waals surface area (Å²) in [6.07, 6.45) is 10.6. The maximum Gasteiger partial charge on any atom is 0.0312 e. The summed E-state index contributed by atoms with van der Waals surface area (Å²) in [5, 5.41) is 3.53. The molecule has 1 N–H and O–H groups in total. The standard InChI is InChI=1S/C16H27N3/c1-2-6-16-8-3-4-11-19(16)12-10-18-14-15-7-5-9-17-13-15/h5,7,9,13,16,18H,2-4,6,8,10-12,14H2,1H3. The zero-order valence-corrected chi connectivity index (χ0v) is 12.1. The third kappa shape index (κ3) is 4.92. The van der Waals surface area contributed by atoms with Crippen LogP contribution in [0.1, 0.15) is 44.6 Å². The van der Waals surface area contributed by atoms with E-state index in [0.29, 0.717) is 0 Å². The normalized spacial score (nSPS) is 20.6. The van der Waals surface area contributed by atoms with Gasteiger partial charge in [-0.15, -0.1) is 0 Å². The molecule has 1 atom stereocenters. The molecule has 0 aromatic carbocycles. The topological polar surface area (TPSA) is 28.2 Å². The summed E-state index contributed by atoms with van der Waals surface area (Å²) in [5.74, 6) is 0. The predicted molar refractivity (Wildman–Crippen MR) is 80.1 cm³/mol. The first-order valence-electron chi connectivity index (χ1n) is 7.74. The Morgan fingerprint density at radius 3 is 3.16 bits per heavy atom. The van der Waals surface area contributed by atoms with Gasteiger partial charge in [0.2, 0.25) is 0 Å². The van der Waals surface area contributed by atoms with Crippen molar-refractivity contribution in [1.82, 2.24) is 15.2 Å². The first-order valence-corrected chi connectivity index (χ1v) is 7.74. The molecule has 0 spiro atoms. The highest BCUT2D eigenvalue weighted by atomic mass is 15.2. The van der Waals surface area contributed by atoms with Crippen molar-refractivity contribution in [2.75, 3.05) is 19.6 Å². The van der Waals surface area contributed by atoms with Gasteiger partial charge >= 0.3 is 0 Å². The minimum atomic E-state index is 0.832. The van der Waals surface area contributed by atoms with Gasteiger partial charge in [-0.25, -0.2) is 0 Å². The van der Waals surface area contributed by atoms with Crippen LogP contribution in [0, 0.1) is 0 Å². The number of pyridine rings is 1. The molecule has 3 heteroatoms. The summed E-state index contributed by atoms with van der Waals surface area (Å²) >= 11 is 0. The number of hydrogen-bond acceptors (Lipinski definition) is 3. The van der Waals surface area contributed by atoms with E-state index < -0.39 is 0 Å². The molecule has 2 heterocycles. The largest absolute Gasteiger partial charge is 0.311 e. The first-order chi connectivity index (χ1) is 9.40. The third-order valence-corrected chi connectivity index (χ3v) is 4.00. The summed E-state index contributed by atoms with van der Waals surface area (Å²) in [6, 6.07) is 4.96. The van der Waals surface area contributed by atoms with Crippen LogP contribution in [-0.2, 0) is 6.54 Å². The number of likely N-dealkylation sites (tertiary alicyclic amines) is 1. The molecule has 0 saturated carbocycles. The van der Waals surface area contributed by atoms with E-state index in [1.807, 2.05) is 18.5 Å². The molecule has 1 aliphatic heterocycles. The van der Waals surface area contributed by atoms with Gasteiger partial charge < -0.3 is 5.32 Å². The lowest BCUT2D eigenvalue weighted by Gasteiger charge is -2.35. The lowest BCUT2D eigenvalue weighted by Crippen LogP contribution is -2.42. The number of hydrogen-bond donors (Lipinski definition) is 1. The molecule has 106 valence electrons. The first kappa shape index (κ1) is 14.5. The minimum Gasteiger partial charge on any atom is -0.311 e. The Bertz CT molecular complexity index is 337. The molecule has 1 fully saturated rings. The summed E-state index contributed by atoms with van der Waals surface area (Å²) in [4.78, 5) is 6.82. The maximum absolute atomic E-state index is 4.14. The fourth-order valence-electron chi connectivity index (χ4n) is 2.97. The van der Waals surface area contributed by atoms with E-state index in [9.17, 15) is 0 Å². The Morgan fingerprint density at radius 1 is 1.42 bits per heavy atom. The monoisotopic (exact) mass is 261 g/mol. The number of rotatable bonds is 7.